The highest BCUT2D eigenvalue weighted by Crippen LogP contribution is 2.61. The second-order valence-electron chi connectivity index (χ2n) is 8.12. The van der Waals surface area contributed by atoms with Gasteiger partial charge in [0.2, 0.25) is 0 Å². The number of rotatable bonds is 2. The lowest BCUT2D eigenvalue weighted by Gasteiger charge is -2.58. The predicted octanol–water partition coefficient (Wildman–Crippen LogP) is 5.06. The average molecular weight is 300 g/mol. The maximum Gasteiger partial charge on any atom is 0.0974 e. The quantitative estimate of drug-likeness (QED) is 0.774. The van der Waals surface area contributed by atoms with Crippen molar-refractivity contribution in [1.82, 2.24) is 0 Å². The summed E-state index contributed by atoms with van der Waals surface area (Å²) in [5, 5.41) is 10.5. The fraction of sp³-hybridized carbons (Fsp3) is 0.600. The molecule has 2 nitrogen and oxygen atoms in total. The largest absolute Gasteiger partial charge is 0.472 e. The van der Waals surface area contributed by atoms with E-state index >= 15 is 0 Å². The molecule has 2 saturated carbocycles. The van der Waals surface area contributed by atoms with E-state index in [9.17, 15) is 5.11 Å². The van der Waals surface area contributed by atoms with Crippen molar-refractivity contribution in [3.05, 3.63) is 42.4 Å². The maximum atomic E-state index is 10.5. The lowest BCUT2D eigenvalue weighted by molar-refractivity contribution is -0.0697. The van der Waals surface area contributed by atoms with Crippen LogP contribution < -0.4 is 0 Å². The Labute approximate surface area is 133 Å². The highest BCUT2D eigenvalue weighted by atomic mass is 16.3. The number of hydrogen-bond acceptors (Lipinski definition) is 2. The molecule has 1 N–H and O–H groups in total. The van der Waals surface area contributed by atoms with Gasteiger partial charge in [-0.2, -0.15) is 0 Å². The Bertz CT molecular complexity index is 567. The van der Waals surface area contributed by atoms with Gasteiger partial charge >= 0.3 is 0 Å². The van der Waals surface area contributed by atoms with Crippen LogP contribution in [0.5, 0.6) is 0 Å². The van der Waals surface area contributed by atoms with E-state index in [0.29, 0.717) is 5.92 Å². The molecule has 0 spiro atoms. The lowest BCUT2D eigenvalue weighted by Crippen LogP contribution is -2.52. The van der Waals surface area contributed by atoms with Gasteiger partial charge < -0.3 is 9.52 Å². The first kappa shape index (κ1) is 15.6. The van der Waals surface area contributed by atoms with Gasteiger partial charge in [-0.3, -0.25) is 0 Å². The zero-order valence-electron chi connectivity index (χ0n) is 14.0. The molecular formula is C20H28O2. The van der Waals surface area contributed by atoms with E-state index in [4.69, 9.17) is 4.42 Å². The summed E-state index contributed by atoms with van der Waals surface area (Å²) >= 11 is 0. The van der Waals surface area contributed by atoms with Crippen molar-refractivity contribution in [2.75, 3.05) is 0 Å². The van der Waals surface area contributed by atoms with E-state index in [1.54, 1.807) is 12.5 Å². The topological polar surface area (TPSA) is 33.4 Å². The van der Waals surface area contributed by atoms with Crippen LogP contribution >= 0.6 is 0 Å². The molecule has 1 heterocycles. The highest BCUT2D eigenvalue weighted by Gasteiger charge is 2.54. The van der Waals surface area contributed by atoms with Gasteiger partial charge in [0, 0.05) is 11.5 Å². The number of allylic oxidation sites excluding steroid dienone is 1. The molecule has 0 aromatic carbocycles. The van der Waals surface area contributed by atoms with Crippen LogP contribution in [0.25, 0.3) is 6.08 Å². The number of hydrogen-bond donors (Lipinski definition) is 1. The molecule has 22 heavy (non-hydrogen) atoms. The average Bonchev–Trinajstić information content (AvgIpc) is 2.94. The van der Waals surface area contributed by atoms with Crippen LogP contribution in [0.15, 0.2) is 41.2 Å². The summed E-state index contributed by atoms with van der Waals surface area (Å²) < 4.78 is 5.14. The second-order valence-corrected chi connectivity index (χ2v) is 8.12. The molecule has 4 atom stereocenters. The number of aliphatic hydroxyl groups is 1. The van der Waals surface area contributed by atoms with Crippen LogP contribution in [-0.4, -0.2) is 11.2 Å². The zero-order chi connectivity index (χ0) is 16.0. The zero-order valence-corrected chi connectivity index (χ0v) is 14.0. The molecule has 0 unspecified atom stereocenters. The normalized spacial score (nSPS) is 38.2. The fourth-order valence-electron chi connectivity index (χ4n) is 5.05. The molecule has 0 bridgehead atoms. The number of fused-ring (bicyclic) bond motifs is 1. The molecule has 2 aliphatic carbocycles. The number of aliphatic hydroxyl groups excluding tert-OH is 1. The van der Waals surface area contributed by atoms with Gasteiger partial charge in [0.15, 0.2) is 0 Å². The smallest absolute Gasteiger partial charge is 0.0974 e. The van der Waals surface area contributed by atoms with Crippen LogP contribution in [0, 0.1) is 22.7 Å². The third-order valence-electron chi connectivity index (χ3n) is 6.30. The minimum Gasteiger partial charge on any atom is -0.472 e. The Morgan fingerprint density at radius 2 is 2.09 bits per heavy atom. The molecule has 2 fully saturated rings. The summed E-state index contributed by atoms with van der Waals surface area (Å²) in [5.74, 6) is 0.768. The summed E-state index contributed by atoms with van der Waals surface area (Å²) in [6, 6.07) is 1.96. The van der Waals surface area contributed by atoms with Gasteiger partial charge in [0.05, 0.1) is 18.6 Å². The van der Waals surface area contributed by atoms with Crippen molar-refractivity contribution >= 4 is 6.08 Å². The van der Waals surface area contributed by atoms with Crippen molar-refractivity contribution in [1.29, 1.82) is 0 Å². The fourth-order valence-corrected chi connectivity index (χ4v) is 5.05. The van der Waals surface area contributed by atoms with Crippen LogP contribution in [0.1, 0.15) is 52.0 Å². The Hall–Kier alpha value is -1.28. The monoisotopic (exact) mass is 300 g/mol. The van der Waals surface area contributed by atoms with Gasteiger partial charge in [0.1, 0.15) is 0 Å². The summed E-state index contributed by atoms with van der Waals surface area (Å²) in [6.07, 6.45) is 12.0. The van der Waals surface area contributed by atoms with Crippen LogP contribution in [0.2, 0.25) is 0 Å². The first-order valence-corrected chi connectivity index (χ1v) is 8.42. The molecule has 120 valence electrons. The van der Waals surface area contributed by atoms with Crippen molar-refractivity contribution in [2.45, 2.75) is 52.6 Å². The molecule has 1 aromatic heterocycles. The lowest BCUT2D eigenvalue weighted by atomic mass is 9.47. The first-order valence-electron chi connectivity index (χ1n) is 8.42. The minimum absolute atomic E-state index is 0.193. The van der Waals surface area contributed by atoms with Gasteiger partial charge in [0.25, 0.3) is 0 Å². The van der Waals surface area contributed by atoms with E-state index in [2.05, 4.69) is 39.5 Å². The molecule has 1 aromatic rings. The minimum atomic E-state index is -0.380. The summed E-state index contributed by atoms with van der Waals surface area (Å²) in [6.45, 7) is 11.4. The molecular weight excluding hydrogens is 272 g/mol. The molecule has 0 amide bonds. The van der Waals surface area contributed by atoms with Crippen molar-refractivity contribution in [2.24, 2.45) is 22.7 Å². The van der Waals surface area contributed by atoms with Crippen LogP contribution in [0.4, 0.5) is 0 Å². The molecule has 0 radical (unpaired) electrons. The van der Waals surface area contributed by atoms with E-state index < -0.39 is 0 Å². The van der Waals surface area contributed by atoms with Crippen molar-refractivity contribution in [3.8, 4) is 0 Å². The Morgan fingerprint density at radius 3 is 2.77 bits per heavy atom. The molecule has 2 heteroatoms. The Morgan fingerprint density at radius 1 is 1.32 bits per heavy atom. The van der Waals surface area contributed by atoms with E-state index in [1.165, 1.54) is 19.3 Å². The molecule has 2 aliphatic rings. The second kappa shape index (κ2) is 5.42. The van der Waals surface area contributed by atoms with Gasteiger partial charge in [-0.1, -0.05) is 45.9 Å². The standard InChI is InChI=1S/C20H28O2/c1-14-16(7-6-15-8-11-22-13-15)20(4)10-5-9-19(2,3)18(20)12-17(14)21/h6-8,11,13,16-18,21H,1,5,9-10,12H2,2-4H3/t16-,17-,18-,20+/m0/s1. The van der Waals surface area contributed by atoms with Crippen molar-refractivity contribution < 1.29 is 9.52 Å². The van der Waals surface area contributed by atoms with Gasteiger partial charge in [-0.05, 0) is 47.6 Å². The van der Waals surface area contributed by atoms with Crippen LogP contribution in [-0.2, 0) is 0 Å². The summed E-state index contributed by atoms with van der Waals surface area (Å²) in [7, 11) is 0. The highest BCUT2D eigenvalue weighted by molar-refractivity contribution is 5.49. The third kappa shape index (κ3) is 2.48. The first-order chi connectivity index (χ1) is 10.3. The predicted molar refractivity (Wildman–Crippen MR) is 90.2 cm³/mol. The Kier molecular flexibility index (Phi) is 3.84. The van der Waals surface area contributed by atoms with Crippen molar-refractivity contribution in [3.63, 3.8) is 0 Å². The SMILES string of the molecule is C=C1[C@@H](O)C[C@H]2C(C)(C)CCC[C@]2(C)[C@H]1C=Cc1ccoc1. The van der Waals surface area contributed by atoms with Gasteiger partial charge in [-0.15, -0.1) is 0 Å². The summed E-state index contributed by atoms with van der Waals surface area (Å²) in [5.41, 5.74) is 2.54. The van der Waals surface area contributed by atoms with Gasteiger partial charge in [-0.25, -0.2) is 0 Å². The molecule has 0 saturated heterocycles. The molecule has 0 aliphatic heterocycles. The summed E-state index contributed by atoms with van der Waals surface area (Å²) in [4.78, 5) is 0. The van der Waals surface area contributed by atoms with E-state index in [-0.39, 0.29) is 22.9 Å². The third-order valence-corrected chi connectivity index (χ3v) is 6.30. The van der Waals surface area contributed by atoms with E-state index in [0.717, 1.165) is 17.6 Å². The maximum absolute atomic E-state index is 10.5. The Balaban J connectivity index is 1.96. The van der Waals surface area contributed by atoms with Crippen LogP contribution in [0.3, 0.4) is 0 Å². The van der Waals surface area contributed by atoms with E-state index in [1.807, 2.05) is 6.07 Å². The molecule has 3 rings (SSSR count). The number of furan rings is 1.